The van der Waals surface area contributed by atoms with Crippen LogP contribution < -0.4 is 5.32 Å². The molecule has 9 heteroatoms. The van der Waals surface area contributed by atoms with E-state index in [1.165, 1.54) is 0 Å². The number of benzene rings is 2. The molecule has 0 radical (unpaired) electrons. The number of hydrogen-bond acceptors (Lipinski definition) is 6. The van der Waals surface area contributed by atoms with Gasteiger partial charge in [0.1, 0.15) is 0 Å². The number of halogens is 2. The summed E-state index contributed by atoms with van der Waals surface area (Å²) in [7, 11) is 0. The van der Waals surface area contributed by atoms with E-state index in [2.05, 4.69) is 20.4 Å². The molecule has 1 N–H and O–H groups in total. The molecule has 4 rings (SSSR count). The molecule has 2 aromatic heterocycles. The number of aromatic nitrogens is 3. The van der Waals surface area contributed by atoms with E-state index < -0.39 is 0 Å². The van der Waals surface area contributed by atoms with Crippen molar-refractivity contribution < 1.29 is 13.7 Å². The van der Waals surface area contributed by atoms with Gasteiger partial charge in [-0.1, -0.05) is 40.5 Å². The summed E-state index contributed by atoms with van der Waals surface area (Å²) < 4.78 is 10.8. The quantitative estimate of drug-likeness (QED) is 0.418. The van der Waals surface area contributed by atoms with Crippen LogP contribution in [0.2, 0.25) is 10.0 Å². The van der Waals surface area contributed by atoms with Gasteiger partial charge in [-0.3, -0.25) is 4.79 Å². The normalized spacial score (nSPS) is 10.9. The van der Waals surface area contributed by atoms with Crippen LogP contribution in [0, 0.1) is 6.92 Å². The Kier molecular flexibility index (Phi) is 5.83. The van der Waals surface area contributed by atoms with E-state index in [1.807, 2.05) is 18.2 Å². The molecular formula is C21H16Cl2N4O3. The fraction of sp³-hybridized carbons (Fsp3) is 0.143. The fourth-order valence-electron chi connectivity index (χ4n) is 2.87. The smallest absolute Gasteiger partial charge is 0.224 e. The van der Waals surface area contributed by atoms with Crippen molar-refractivity contribution in [2.75, 3.05) is 5.32 Å². The predicted octanol–water partition coefficient (Wildman–Crippen LogP) is 5.58. The second-order valence-corrected chi connectivity index (χ2v) is 7.32. The maximum atomic E-state index is 12.5. The molecule has 1 amide bonds. The highest BCUT2D eigenvalue weighted by Crippen LogP contribution is 2.31. The van der Waals surface area contributed by atoms with Crippen molar-refractivity contribution in [3.05, 3.63) is 70.5 Å². The molecule has 0 atom stereocenters. The van der Waals surface area contributed by atoms with Crippen LogP contribution in [0.3, 0.4) is 0 Å². The van der Waals surface area contributed by atoms with E-state index in [-0.39, 0.29) is 12.3 Å². The van der Waals surface area contributed by atoms with E-state index in [0.717, 1.165) is 0 Å². The average molecular weight is 443 g/mol. The first kappa shape index (κ1) is 20.1. The largest absolute Gasteiger partial charge is 0.441 e. The summed E-state index contributed by atoms with van der Waals surface area (Å²) in [6.45, 7) is 1.71. The Bertz CT molecular complexity index is 1200. The molecule has 4 aromatic rings. The maximum absolute atomic E-state index is 12.5. The number of hydrogen-bond donors (Lipinski definition) is 1. The van der Waals surface area contributed by atoms with Crippen molar-refractivity contribution >= 4 is 34.8 Å². The van der Waals surface area contributed by atoms with Gasteiger partial charge in [0.25, 0.3) is 0 Å². The first-order chi connectivity index (χ1) is 14.5. The summed E-state index contributed by atoms with van der Waals surface area (Å²) in [5.74, 6) is 1.64. The first-order valence-electron chi connectivity index (χ1n) is 9.09. The van der Waals surface area contributed by atoms with Crippen LogP contribution in [-0.4, -0.2) is 21.0 Å². The number of carbonyl (C=O) groups is 1. The molecule has 0 spiro atoms. The van der Waals surface area contributed by atoms with E-state index in [4.69, 9.17) is 32.1 Å². The Balaban J connectivity index is 1.41. The summed E-state index contributed by atoms with van der Waals surface area (Å²) in [6, 6.07) is 12.4. The van der Waals surface area contributed by atoms with E-state index in [1.54, 1.807) is 37.4 Å². The Morgan fingerprint density at radius 2 is 1.97 bits per heavy atom. The van der Waals surface area contributed by atoms with Crippen LogP contribution in [0.4, 0.5) is 5.69 Å². The van der Waals surface area contributed by atoms with Crippen molar-refractivity contribution in [2.45, 2.75) is 19.8 Å². The third-order valence-electron chi connectivity index (χ3n) is 4.29. The van der Waals surface area contributed by atoms with E-state index in [9.17, 15) is 4.79 Å². The zero-order valence-electron chi connectivity index (χ0n) is 15.9. The number of nitrogens with one attached hydrogen (secondary N) is 1. The van der Waals surface area contributed by atoms with Gasteiger partial charge in [-0.2, -0.15) is 4.98 Å². The summed E-state index contributed by atoms with van der Waals surface area (Å²) in [5.41, 5.74) is 1.97. The van der Waals surface area contributed by atoms with Crippen LogP contribution >= 0.6 is 23.2 Å². The van der Waals surface area contributed by atoms with Crippen LogP contribution in [0.15, 0.2) is 57.6 Å². The number of para-hydroxylation sites is 1. The van der Waals surface area contributed by atoms with Crippen LogP contribution in [0.5, 0.6) is 0 Å². The number of carbonyl (C=O) groups excluding carboxylic acids is 1. The number of amides is 1. The monoisotopic (exact) mass is 442 g/mol. The molecule has 0 aliphatic carbocycles. The van der Waals surface area contributed by atoms with Gasteiger partial charge >= 0.3 is 0 Å². The SMILES string of the molecule is Cc1nc(-c2ccccc2NC(=O)CCc2ncc(-c3ccc(Cl)cc3Cl)o2)no1. The molecule has 152 valence electrons. The Hall–Kier alpha value is -3.16. The number of anilines is 1. The van der Waals surface area contributed by atoms with Crippen LogP contribution in [-0.2, 0) is 11.2 Å². The molecule has 0 fully saturated rings. The first-order valence-corrected chi connectivity index (χ1v) is 9.85. The van der Waals surface area contributed by atoms with Gasteiger partial charge in [0, 0.05) is 35.9 Å². The lowest BCUT2D eigenvalue weighted by Gasteiger charge is -2.08. The molecular weight excluding hydrogens is 427 g/mol. The van der Waals surface area contributed by atoms with Gasteiger partial charge < -0.3 is 14.3 Å². The molecule has 30 heavy (non-hydrogen) atoms. The van der Waals surface area contributed by atoms with Gasteiger partial charge in [0.05, 0.1) is 16.9 Å². The second-order valence-electron chi connectivity index (χ2n) is 6.47. The van der Waals surface area contributed by atoms with Crippen molar-refractivity contribution in [1.82, 2.24) is 15.1 Å². The number of aryl methyl sites for hydroxylation is 2. The lowest BCUT2D eigenvalue weighted by molar-refractivity contribution is -0.116. The second kappa shape index (κ2) is 8.69. The third kappa shape index (κ3) is 4.53. The minimum Gasteiger partial charge on any atom is -0.441 e. The standard InChI is InChI=1S/C21H16Cl2N4O3/c1-12-25-21(27-30-12)15-4-2-3-5-17(15)26-19(28)8-9-20-24-11-18(29-20)14-7-6-13(22)10-16(14)23/h2-7,10-11H,8-9H2,1H3,(H,26,28). The van der Waals surface area contributed by atoms with Crippen LogP contribution in [0.25, 0.3) is 22.7 Å². The van der Waals surface area contributed by atoms with E-state index in [0.29, 0.717) is 56.6 Å². The van der Waals surface area contributed by atoms with Crippen molar-refractivity contribution in [3.63, 3.8) is 0 Å². The molecule has 0 saturated carbocycles. The molecule has 0 bridgehead atoms. The average Bonchev–Trinajstić information content (AvgIpc) is 3.36. The fourth-order valence-corrected chi connectivity index (χ4v) is 3.37. The summed E-state index contributed by atoms with van der Waals surface area (Å²) in [6.07, 6.45) is 2.10. The molecule has 2 heterocycles. The van der Waals surface area contributed by atoms with Gasteiger partial charge in [-0.25, -0.2) is 4.98 Å². The van der Waals surface area contributed by atoms with Gasteiger partial charge in [0.15, 0.2) is 11.7 Å². The number of rotatable bonds is 6. The Morgan fingerprint density at radius 3 is 2.73 bits per heavy atom. The van der Waals surface area contributed by atoms with Gasteiger partial charge in [-0.15, -0.1) is 0 Å². The lowest BCUT2D eigenvalue weighted by Crippen LogP contribution is -2.13. The summed E-state index contributed by atoms with van der Waals surface area (Å²) in [5, 5.41) is 7.79. The highest BCUT2D eigenvalue weighted by Gasteiger charge is 2.15. The van der Waals surface area contributed by atoms with Gasteiger partial charge in [0.2, 0.25) is 17.6 Å². The molecule has 2 aromatic carbocycles. The third-order valence-corrected chi connectivity index (χ3v) is 4.83. The molecule has 0 aliphatic heterocycles. The van der Waals surface area contributed by atoms with Crippen molar-refractivity contribution in [3.8, 4) is 22.7 Å². The Labute approximate surface area is 182 Å². The zero-order chi connectivity index (χ0) is 21.1. The van der Waals surface area contributed by atoms with Crippen molar-refractivity contribution in [2.24, 2.45) is 0 Å². The zero-order valence-corrected chi connectivity index (χ0v) is 17.4. The summed E-state index contributed by atoms with van der Waals surface area (Å²) >= 11 is 12.1. The summed E-state index contributed by atoms with van der Waals surface area (Å²) in [4.78, 5) is 20.9. The maximum Gasteiger partial charge on any atom is 0.224 e. The van der Waals surface area contributed by atoms with Crippen molar-refractivity contribution in [1.29, 1.82) is 0 Å². The topological polar surface area (TPSA) is 94.1 Å². The Morgan fingerprint density at radius 1 is 1.13 bits per heavy atom. The number of oxazole rings is 1. The minimum absolute atomic E-state index is 0.188. The molecule has 0 saturated heterocycles. The lowest BCUT2D eigenvalue weighted by atomic mass is 10.1. The molecule has 0 aliphatic rings. The van der Waals surface area contributed by atoms with E-state index >= 15 is 0 Å². The van der Waals surface area contributed by atoms with Gasteiger partial charge in [-0.05, 0) is 30.3 Å². The minimum atomic E-state index is -0.188. The highest BCUT2D eigenvalue weighted by atomic mass is 35.5. The molecule has 0 unspecified atom stereocenters. The van der Waals surface area contributed by atoms with Crippen LogP contribution in [0.1, 0.15) is 18.2 Å². The molecule has 7 nitrogen and oxygen atoms in total. The predicted molar refractivity (Wildman–Crippen MR) is 113 cm³/mol. The highest BCUT2D eigenvalue weighted by molar-refractivity contribution is 6.36. The number of nitrogens with zero attached hydrogens (tertiary/aromatic N) is 3.